The number of piperazine rings is 1. The van der Waals surface area contributed by atoms with Crippen molar-refractivity contribution in [2.24, 2.45) is 10.8 Å². The van der Waals surface area contributed by atoms with Crippen molar-refractivity contribution in [3.8, 4) is 0 Å². The Kier molecular flexibility index (Phi) is 6.76. The van der Waals surface area contributed by atoms with E-state index >= 15 is 0 Å². The molecule has 1 saturated heterocycles. The average molecular weight is 387 g/mol. The lowest BCUT2D eigenvalue weighted by Crippen LogP contribution is -2.47. The van der Waals surface area contributed by atoms with Crippen molar-refractivity contribution < 1.29 is 4.74 Å². The highest BCUT2D eigenvalue weighted by atomic mass is 16.5. The number of hydrogen-bond donors (Lipinski definition) is 0. The van der Waals surface area contributed by atoms with Crippen LogP contribution in [0.3, 0.4) is 0 Å². The van der Waals surface area contributed by atoms with Crippen LogP contribution >= 0.6 is 0 Å². The van der Waals surface area contributed by atoms with Gasteiger partial charge in [0.15, 0.2) is 0 Å². The molecule has 1 heterocycles. The van der Waals surface area contributed by atoms with Gasteiger partial charge in [-0.25, -0.2) is 0 Å². The summed E-state index contributed by atoms with van der Waals surface area (Å²) in [5, 5.41) is 0. The molecule has 1 saturated carbocycles. The Hall–Kier alpha value is -1.06. The monoisotopic (exact) mass is 386 g/mol. The van der Waals surface area contributed by atoms with Crippen LogP contribution in [0.15, 0.2) is 18.2 Å². The summed E-state index contributed by atoms with van der Waals surface area (Å²) < 4.78 is 5.46. The van der Waals surface area contributed by atoms with Crippen molar-refractivity contribution in [1.82, 2.24) is 4.90 Å². The summed E-state index contributed by atoms with van der Waals surface area (Å²) in [6.07, 6.45) is 5.15. The van der Waals surface area contributed by atoms with Crippen LogP contribution in [0.4, 0.5) is 5.69 Å². The van der Waals surface area contributed by atoms with Crippen LogP contribution in [0.2, 0.25) is 0 Å². The van der Waals surface area contributed by atoms with Crippen LogP contribution in [-0.4, -0.2) is 44.7 Å². The molecule has 3 rings (SSSR count). The lowest BCUT2D eigenvalue weighted by atomic mass is 9.60. The predicted octanol–water partition coefficient (Wildman–Crippen LogP) is 5.68. The van der Waals surface area contributed by atoms with Crippen LogP contribution in [-0.2, 0) is 11.3 Å². The van der Waals surface area contributed by atoms with Crippen LogP contribution in [0.5, 0.6) is 0 Å². The molecule has 3 nitrogen and oxygen atoms in total. The third-order valence-corrected chi connectivity index (χ3v) is 6.65. The molecule has 0 atom stereocenters. The van der Waals surface area contributed by atoms with E-state index < -0.39 is 0 Å². The number of methoxy groups -OCH3 is 1. The van der Waals surface area contributed by atoms with Gasteiger partial charge in [0.05, 0.1) is 6.61 Å². The minimum atomic E-state index is 0.404. The molecule has 1 aromatic carbocycles. The molecule has 0 amide bonds. The second kappa shape index (κ2) is 8.75. The fourth-order valence-corrected chi connectivity index (χ4v) is 6.07. The Labute approximate surface area is 173 Å². The van der Waals surface area contributed by atoms with Crippen molar-refractivity contribution in [2.45, 2.75) is 72.8 Å². The molecule has 2 aliphatic rings. The molecule has 158 valence electrons. The summed E-state index contributed by atoms with van der Waals surface area (Å²) in [4.78, 5) is 5.26. The molecule has 1 aliphatic heterocycles. The Morgan fingerprint density at radius 3 is 2.21 bits per heavy atom. The predicted molar refractivity (Wildman–Crippen MR) is 120 cm³/mol. The van der Waals surface area contributed by atoms with E-state index in [1.54, 1.807) is 12.7 Å². The Balaban J connectivity index is 1.89. The van der Waals surface area contributed by atoms with Crippen LogP contribution < -0.4 is 4.90 Å². The van der Waals surface area contributed by atoms with Gasteiger partial charge < -0.3 is 9.64 Å². The molecular weight excluding hydrogens is 344 g/mol. The van der Waals surface area contributed by atoms with Gasteiger partial charge in [-0.1, -0.05) is 46.8 Å². The maximum atomic E-state index is 5.46. The van der Waals surface area contributed by atoms with Crippen molar-refractivity contribution in [2.75, 3.05) is 44.7 Å². The zero-order chi connectivity index (χ0) is 20.4. The lowest BCUT2D eigenvalue weighted by Gasteiger charge is -2.46. The highest BCUT2D eigenvalue weighted by molar-refractivity contribution is 5.57. The average Bonchev–Trinajstić information content (AvgIpc) is 2.60. The molecular formula is C25H42N2O. The second-order valence-electron chi connectivity index (χ2n) is 10.8. The van der Waals surface area contributed by atoms with Gasteiger partial charge in [-0.15, -0.1) is 0 Å². The van der Waals surface area contributed by atoms with Gasteiger partial charge in [-0.2, -0.15) is 0 Å². The minimum Gasteiger partial charge on any atom is -0.380 e. The van der Waals surface area contributed by atoms with E-state index in [0.717, 1.165) is 13.1 Å². The first-order valence-electron chi connectivity index (χ1n) is 11.3. The maximum absolute atomic E-state index is 5.46. The van der Waals surface area contributed by atoms with Crippen LogP contribution in [0.1, 0.15) is 77.3 Å². The largest absolute Gasteiger partial charge is 0.380 e. The molecule has 0 aromatic heterocycles. The summed E-state index contributed by atoms with van der Waals surface area (Å²) in [6, 6.07) is 7.12. The molecule has 0 unspecified atom stereocenters. The number of hydrogen-bond acceptors (Lipinski definition) is 3. The lowest BCUT2D eigenvalue weighted by molar-refractivity contribution is 0.0969. The van der Waals surface area contributed by atoms with E-state index in [0.29, 0.717) is 23.4 Å². The van der Waals surface area contributed by atoms with E-state index in [2.05, 4.69) is 62.6 Å². The number of ether oxygens (including phenoxy) is 1. The number of benzene rings is 1. The normalized spacial score (nSPS) is 23.1. The zero-order valence-electron chi connectivity index (χ0n) is 19.2. The summed E-state index contributed by atoms with van der Waals surface area (Å²) in [6.45, 7) is 18.7. The quantitative estimate of drug-likeness (QED) is 0.625. The van der Waals surface area contributed by atoms with Crippen molar-refractivity contribution in [1.29, 1.82) is 0 Å². The van der Waals surface area contributed by atoms with Gasteiger partial charge in [-0.05, 0) is 66.2 Å². The molecule has 0 N–H and O–H groups in total. The van der Waals surface area contributed by atoms with Crippen molar-refractivity contribution in [3.63, 3.8) is 0 Å². The Bertz CT molecular complexity index is 628. The van der Waals surface area contributed by atoms with Crippen molar-refractivity contribution in [3.05, 3.63) is 29.3 Å². The number of nitrogens with zero attached hydrogens (tertiary/aromatic N) is 2. The molecule has 0 radical (unpaired) electrons. The Morgan fingerprint density at radius 1 is 1.00 bits per heavy atom. The first kappa shape index (κ1) is 21.6. The molecule has 1 aliphatic carbocycles. The molecule has 3 heteroatoms. The maximum Gasteiger partial charge on any atom is 0.0713 e. The standard InChI is InChI=1S/C25H42N2O/c1-7-10-26-11-13-27(14-12-26)23-9-8-20(18-28-6)15-22(23)21-16-24(2,3)19-25(4,5)17-21/h8-9,15,21H,7,10-14,16-19H2,1-6H3. The minimum absolute atomic E-state index is 0.404. The van der Waals surface area contributed by atoms with E-state index in [4.69, 9.17) is 4.74 Å². The fraction of sp³-hybridized carbons (Fsp3) is 0.760. The van der Waals surface area contributed by atoms with Gasteiger partial charge in [0.1, 0.15) is 0 Å². The van der Waals surface area contributed by atoms with Crippen molar-refractivity contribution >= 4 is 5.69 Å². The summed E-state index contributed by atoms with van der Waals surface area (Å²) in [5.41, 5.74) is 5.17. The second-order valence-corrected chi connectivity index (χ2v) is 10.8. The van der Waals surface area contributed by atoms with Gasteiger partial charge in [0.25, 0.3) is 0 Å². The third-order valence-electron chi connectivity index (χ3n) is 6.65. The smallest absolute Gasteiger partial charge is 0.0713 e. The molecule has 2 fully saturated rings. The van der Waals surface area contributed by atoms with E-state index in [1.165, 1.54) is 56.6 Å². The summed E-state index contributed by atoms with van der Waals surface area (Å²) in [7, 11) is 1.80. The number of rotatable bonds is 6. The summed E-state index contributed by atoms with van der Waals surface area (Å²) >= 11 is 0. The third kappa shape index (κ3) is 5.30. The molecule has 0 bridgehead atoms. The first-order valence-corrected chi connectivity index (χ1v) is 11.3. The van der Waals surface area contributed by atoms with Crippen LogP contribution in [0.25, 0.3) is 0 Å². The Morgan fingerprint density at radius 2 is 1.64 bits per heavy atom. The molecule has 1 aromatic rings. The topological polar surface area (TPSA) is 15.7 Å². The first-order chi connectivity index (χ1) is 13.2. The van der Waals surface area contributed by atoms with Gasteiger partial charge in [0, 0.05) is 39.0 Å². The van der Waals surface area contributed by atoms with Gasteiger partial charge >= 0.3 is 0 Å². The molecule has 0 spiro atoms. The van der Waals surface area contributed by atoms with Gasteiger partial charge in [-0.3, -0.25) is 4.90 Å². The molecule has 28 heavy (non-hydrogen) atoms. The SMILES string of the molecule is CCCN1CCN(c2ccc(COC)cc2C2CC(C)(C)CC(C)(C)C2)CC1. The van der Waals surface area contributed by atoms with E-state index in [9.17, 15) is 0 Å². The van der Waals surface area contributed by atoms with Gasteiger partial charge in [0.2, 0.25) is 0 Å². The van der Waals surface area contributed by atoms with E-state index in [-0.39, 0.29) is 0 Å². The fourth-order valence-electron chi connectivity index (χ4n) is 6.07. The van der Waals surface area contributed by atoms with Crippen LogP contribution in [0, 0.1) is 10.8 Å². The zero-order valence-corrected chi connectivity index (χ0v) is 19.2. The highest BCUT2D eigenvalue weighted by Gasteiger charge is 2.40. The highest BCUT2D eigenvalue weighted by Crippen LogP contribution is 2.53. The summed E-state index contributed by atoms with van der Waals surface area (Å²) in [5.74, 6) is 0.638. The van der Waals surface area contributed by atoms with E-state index in [1.807, 2.05) is 0 Å². The number of anilines is 1.